The number of anilines is 2. The van der Waals surface area contributed by atoms with Crippen LogP contribution in [0.3, 0.4) is 0 Å². The zero-order valence-corrected chi connectivity index (χ0v) is 15.5. The molecule has 0 atom stereocenters. The van der Waals surface area contributed by atoms with Crippen LogP contribution in [0.2, 0.25) is 0 Å². The first-order valence-corrected chi connectivity index (χ1v) is 9.51. The summed E-state index contributed by atoms with van der Waals surface area (Å²) in [5.74, 6) is -0.673. The van der Waals surface area contributed by atoms with Crippen LogP contribution in [0.15, 0.2) is 48.5 Å². The average molecular weight is 368 g/mol. The smallest absolute Gasteiger partial charge is 0.227 e. The van der Waals surface area contributed by atoms with Crippen LogP contribution in [-0.4, -0.2) is 11.8 Å². The second-order valence-corrected chi connectivity index (χ2v) is 7.09. The van der Waals surface area contributed by atoms with Crippen molar-refractivity contribution in [1.29, 1.82) is 0 Å². The summed E-state index contributed by atoms with van der Waals surface area (Å²) in [6.07, 6.45) is 3.65. The summed E-state index contributed by atoms with van der Waals surface area (Å²) in [6, 6.07) is 13.8. The highest BCUT2D eigenvalue weighted by molar-refractivity contribution is 5.94. The van der Waals surface area contributed by atoms with Crippen molar-refractivity contribution in [2.45, 2.75) is 39.0 Å². The van der Waals surface area contributed by atoms with E-state index in [4.69, 9.17) is 0 Å². The Morgan fingerprint density at radius 3 is 1.96 bits per heavy atom. The van der Waals surface area contributed by atoms with Crippen molar-refractivity contribution >= 4 is 23.2 Å². The molecule has 0 unspecified atom stereocenters. The Balaban J connectivity index is 1.48. The number of aryl methyl sites for hydroxylation is 1. The fraction of sp³-hybridized carbons (Fsp3) is 0.364. The number of nitrogens with one attached hydrogen (secondary N) is 2. The van der Waals surface area contributed by atoms with Gasteiger partial charge in [0.15, 0.2) is 0 Å². The van der Waals surface area contributed by atoms with E-state index in [9.17, 15) is 14.0 Å². The Labute approximate surface area is 159 Å². The monoisotopic (exact) mass is 368 g/mol. The van der Waals surface area contributed by atoms with Gasteiger partial charge in [-0.15, -0.1) is 0 Å². The lowest BCUT2D eigenvalue weighted by Gasteiger charge is -2.27. The van der Waals surface area contributed by atoms with Crippen molar-refractivity contribution in [3.63, 3.8) is 0 Å². The number of amides is 2. The van der Waals surface area contributed by atoms with Crippen LogP contribution >= 0.6 is 0 Å². The molecule has 1 saturated carbocycles. The molecule has 2 aromatic rings. The third-order valence-corrected chi connectivity index (χ3v) is 5.19. The fourth-order valence-corrected chi connectivity index (χ4v) is 3.50. The molecule has 1 fully saturated rings. The van der Waals surface area contributed by atoms with E-state index < -0.39 is 0 Å². The number of carbonyl (C=O) groups excluding carboxylic acids is 2. The normalized spacial score (nSPS) is 19.3. The van der Waals surface area contributed by atoms with E-state index in [1.54, 1.807) is 12.1 Å². The zero-order valence-electron chi connectivity index (χ0n) is 15.5. The van der Waals surface area contributed by atoms with Gasteiger partial charge in [0.25, 0.3) is 0 Å². The number of benzene rings is 2. The van der Waals surface area contributed by atoms with Gasteiger partial charge < -0.3 is 10.6 Å². The summed E-state index contributed by atoms with van der Waals surface area (Å²) in [4.78, 5) is 24.8. The van der Waals surface area contributed by atoms with Crippen LogP contribution in [-0.2, 0) is 16.0 Å². The summed E-state index contributed by atoms with van der Waals surface area (Å²) in [7, 11) is 0. The largest absolute Gasteiger partial charge is 0.326 e. The summed E-state index contributed by atoms with van der Waals surface area (Å²) < 4.78 is 13.2. The van der Waals surface area contributed by atoms with E-state index in [0.717, 1.165) is 12.1 Å². The second-order valence-electron chi connectivity index (χ2n) is 7.09. The molecule has 0 spiro atoms. The summed E-state index contributed by atoms with van der Waals surface area (Å²) in [5.41, 5.74) is 2.51. The van der Waals surface area contributed by atoms with Gasteiger partial charge in [-0.3, -0.25) is 9.59 Å². The maximum Gasteiger partial charge on any atom is 0.227 e. The average Bonchev–Trinajstić information content (AvgIpc) is 2.68. The summed E-state index contributed by atoms with van der Waals surface area (Å²) in [5, 5.41) is 5.74. The van der Waals surface area contributed by atoms with E-state index in [1.807, 2.05) is 24.3 Å². The number of hydrogen-bond donors (Lipinski definition) is 2. The first-order chi connectivity index (χ1) is 13.0. The van der Waals surface area contributed by atoms with E-state index >= 15 is 0 Å². The predicted octanol–water partition coefficient (Wildman–Crippen LogP) is 4.77. The molecule has 0 radical (unpaired) electrons. The minimum atomic E-state index is -0.375. The van der Waals surface area contributed by atoms with Crippen molar-refractivity contribution in [2.24, 2.45) is 11.8 Å². The van der Waals surface area contributed by atoms with Crippen molar-refractivity contribution in [3.8, 4) is 0 Å². The molecule has 3 rings (SSSR count). The predicted molar refractivity (Wildman–Crippen MR) is 105 cm³/mol. The molecule has 1 aliphatic carbocycles. The van der Waals surface area contributed by atoms with E-state index in [-0.39, 0.29) is 29.5 Å². The maximum atomic E-state index is 13.2. The number of hydrogen-bond acceptors (Lipinski definition) is 2. The molecule has 142 valence electrons. The van der Waals surface area contributed by atoms with E-state index in [0.29, 0.717) is 31.4 Å². The Kier molecular flexibility index (Phi) is 6.22. The van der Waals surface area contributed by atoms with Gasteiger partial charge in [-0.1, -0.05) is 25.1 Å². The van der Waals surface area contributed by atoms with E-state index in [1.165, 1.54) is 17.7 Å². The molecular weight excluding hydrogens is 343 g/mol. The Morgan fingerprint density at radius 2 is 1.44 bits per heavy atom. The van der Waals surface area contributed by atoms with Gasteiger partial charge in [-0.2, -0.15) is 0 Å². The molecule has 5 heteroatoms. The lowest BCUT2D eigenvalue weighted by Crippen LogP contribution is -2.32. The fourth-order valence-electron chi connectivity index (χ4n) is 3.50. The van der Waals surface area contributed by atoms with Crippen LogP contribution in [0.5, 0.6) is 0 Å². The maximum absolute atomic E-state index is 13.2. The van der Waals surface area contributed by atoms with Crippen molar-refractivity contribution < 1.29 is 14.0 Å². The van der Waals surface area contributed by atoms with E-state index in [2.05, 4.69) is 17.6 Å². The lowest BCUT2D eigenvalue weighted by molar-refractivity contribution is -0.125. The highest BCUT2D eigenvalue weighted by Crippen LogP contribution is 2.30. The third kappa shape index (κ3) is 5.16. The topological polar surface area (TPSA) is 58.2 Å². The molecule has 0 aliphatic heterocycles. The van der Waals surface area contributed by atoms with Crippen LogP contribution in [0.25, 0.3) is 0 Å². The molecule has 2 aromatic carbocycles. The van der Waals surface area contributed by atoms with Crippen LogP contribution in [0.4, 0.5) is 15.8 Å². The van der Waals surface area contributed by atoms with Crippen LogP contribution in [0.1, 0.15) is 38.2 Å². The molecule has 0 aromatic heterocycles. The van der Waals surface area contributed by atoms with Crippen LogP contribution in [0, 0.1) is 17.7 Å². The first-order valence-electron chi connectivity index (χ1n) is 9.51. The lowest BCUT2D eigenvalue weighted by atomic mass is 9.81. The Hall–Kier alpha value is -2.69. The molecule has 4 nitrogen and oxygen atoms in total. The van der Waals surface area contributed by atoms with Gasteiger partial charge in [0.2, 0.25) is 11.8 Å². The van der Waals surface area contributed by atoms with Gasteiger partial charge in [0.1, 0.15) is 5.82 Å². The highest BCUT2D eigenvalue weighted by atomic mass is 19.1. The molecular formula is C22H25FN2O2. The summed E-state index contributed by atoms with van der Waals surface area (Å²) >= 11 is 0. The van der Waals surface area contributed by atoms with Crippen molar-refractivity contribution in [2.75, 3.05) is 10.6 Å². The van der Waals surface area contributed by atoms with Gasteiger partial charge in [0.05, 0.1) is 0 Å². The van der Waals surface area contributed by atoms with Crippen LogP contribution < -0.4 is 10.6 Å². The minimum Gasteiger partial charge on any atom is -0.326 e. The summed E-state index contributed by atoms with van der Waals surface area (Å²) in [6.45, 7) is 2.09. The third-order valence-electron chi connectivity index (χ3n) is 5.19. The quantitative estimate of drug-likeness (QED) is 0.798. The molecule has 1 aliphatic rings. The number of halogens is 1. The van der Waals surface area contributed by atoms with Gasteiger partial charge in [-0.25, -0.2) is 4.39 Å². The Bertz CT molecular complexity index is 796. The zero-order chi connectivity index (χ0) is 19.2. The SMILES string of the molecule is CCc1ccc(NC(=O)C2CCC(C(=O)Nc3cccc(F)c3)CC2)cc1. The van der Waals surface area contributed by atoms with Gasteiger partial charge >= 0.3 is 0 Å². The second kappa shape index (κ2) is 8.80. The minimum absolute atomic E-state index is 0.0169. The number of carbonyl (C=O) groups is 2. The highest BCUT2D eigenvalue weighted by Gasteiger charge is 2.30. The molecule has 27 heavy (non-hydrogen) atoms. The molecule has 2 N–H and O–H groups in total. The van der Waals surface area contributed by atoms with Gasteiger partial charge in [0, 0.05) is 23.2 Å². The first kappa shape index (κ1) is 19.1. The molecule has 0 bridgehead atoms. The standard InChI is InChI=1S/C22H25FN2O2/c1-2-15-6-12-19(13-7-15)24-21(26)16-8-10-17(11-9-16)22(27)25-20-5-3-4-18(23)14-20/h3-7,12-14,16-17H,2,8-11H2,1H3,(H,24,26)(H,25,27). The molecule has 0 heterocycles. The molecule has 0 saturated heterocycles. The number of rotatable bonds is 5. The van der Waals surface area contributed by atoms with Crippen molar-refractivity contribution in [1.82, 2.24) is 0 Å². The Morgan fingerprint density at radius 1 is 0.889 bits per heavy atom. The van der Waals surface area contributed by atoms with Gasteiger partial charge in [-0.05, 0) is 68.0 Å². The molecule has 2 amide bonds. The van der Waals surface area contributed by atoms with Crippen molar-refractivity contribution in [3.05, 3.63) is 59.9 Å².